The second kappa shape index (κ2) is 3.46. The molecule has 2 fully saturated rings. The van der Waals surface area contributed by atoms with E-state index in [0.717, 1.165) is 17.7 Å². The first-order valence-electron chi connectivity index (χ1n) is 6.63. The number of rotatable bonds is 0. The van der Waals surface area contributed by atoms with E-state index in [-0.39, 0.29) is 0 Å². The van der Waals surface area contributed by atoms with Crippen molar-refractivity contribution in [3.63, 3.8) is 0 Å². The van der Waals surface area contributed by atoms with Crippen LogP contribution in [0.2, 0.25) is 0 Å². The number of allylic oxidation sites excluding steroid dienone is 1. The number of hydrogen-bond acceptors (Lipinski definition) is 2. The average molecular weight is 237 g/mol. The van der Waals surface area contributed by atoms with Crippen LogP contribution in [0, 0.1) is 29.1 Å². The smallest absolute Gasteiger partial charge is 0.0998 e. The lowest BCUT2D eigenvalue weighted by Gasteiger charge is -2.57. The third kappa shape index (κ3) is 1.06. The molecular formula is C16H15NO. The lowest BCUT2D eigenvalue weighted by Crippen LogP contribution is -2.52. The molecule has 0 spiro atoms. The van der Waals surface area contributed by atoms with Crippen LogP contribution in [0.15, 0.2) is 29.8 Å². The molecular weight excluding hydrogens is 222 g/mol. The Morgan fingerprint density at radius 3 is 2.94 bits per heavy atom. The lowest BCUT2D eigenvalue weighted by atomic mass is 9.49. The van der Waals surface area contributed by atoms with Gasteiger partial charge in [-0.3, -0.25) is 0 Å². The van der Waals surface area contributed by atoms with Gasteiger partial charge in [0.15, 0.2) is 0 Å². The van der Waals surface area contributed by atoms with E-state index in [1.54, 1.807) is 0 Å². The molecule has 0 bridgehead atoms. The van der Waals surface area contributed by atoms with Crippen LogP contribution in [-0.2, 0) is 4.74 Å². The van der Waals surface area contributed by atoms with Crippen LogP contribution in [0.4, 0.5) is 0 Å². The van der Waals surface area contributed by atoms with E-state index in [1.807, 2.05) is 6.07 Å². The Morgan fingerprint density at radius 2 is 2.11 bits per heavy atom. The maximum absolute atomic E-state index is 9.48. The Morgan fingerprint density at radius 1 is 1.28 bits per heavy atom. The van der Waals surface area contributed by atoms with Crippen LogP contribution in [0.25, 0.3) is 5.57 Å². The largest absolute Gasteiger partial charge is 0.377 e. The van der Waals surface area contributed by atoms with Gasteiger partial charge in [0, 0.05) is 0 Å². The van der Waals surface area contributed by atoms with E-state index in [2.05, 4.69) is 31.2 Å². The van der Waals surface area contributed by atoms with Crippen molar-refractivity contribution < 1.29 is 4.74 Å². The molecule has 1 aromatic rings. The van der Waals surface area contributed by atoms with Crippen LogP contribution in [0.5, 0.6) is 0 Å². The zero-order valence-corrected chi connectivity index (χ0v) is 10.4. The van der Waals surface area contributed by atoms with Gasteiger partial charge < -0.3 is 4.74 Å². The summed E-state index contributed by atoms with van der Waals surface area (Å²) in [6.45, 7) is 3.85. The summed E-state index contributed by atoms with van der Waals surface area (Å²) in [6, 6.07) is 10.8. The molecule has 4 rings (SSSR count). The zero-order valence-electron chi connectivity index (χ0n) is 10.4. The molecule has 90 valence electrons. The third-order valence-electron chi connectivity index (χ3n) is 5.08. The van der Waals surface area contributed by atoms with Crippen molar-refractivity contribution in [3.05, 3.63) is 41.0 Å². The quantitative estimate of drug-likeness (QED) is 0.695. The van der Waals surface area contributed by atoms with Crippen LogP contribution < -0.4 is 0 Å². The van der Waals surface area contributed by atoms with Gasteiger partial charge in [0.25, 0.3) is 0 Å². The summed E-state index contributed by atoms with van der Waals surface area (Å²) < 4.78 is 5.70. The Hall–Kier alpha value is -1.59. The van der Waals surface area contributed by atoms with Crippen molar-refractivity contribution >= 4 is 5.57 Å². The maximum atomic E-state index is 9.48. The SMILES string of the molecule is C[C@H]1C2c3ccccc3C(C#N)=C3COC[C@@H]1C32. The molecule has 0 radical (unpaired) electrons. The van der Waals surface area contributed by atoms with Gasteiger partial charge in [-0.15, -0.1) is 0 Å². The highest BCUT2D eigenvalue weighted by atomic mass is 16.5. The summed E-state index contributed by atoms with van der Waals surface area (Å²) >= 11 is 0. The molecule has 3 aliphatic rings. The topological polar surface area (TPSA) is 33.0 Å². The van der Waals surface area contributed by atoms with Crippen LogP contribution in [0.3, 0.4) is 0 Å². The summed E-state index contributed by atoms with van der Waals surface area (Å²) in [7, 11) is 0. The van der Waals surface area contributed by atoms with Crippen LogP contribution >= 0.6 is 0 Å². The third-order valence-corrected chi connectivity index (χ3v) is 5.08. The van der Waals surface area contributed by atoms with E-state index < -0.39 is 0 Å². The number of benzene rings is 1. The second-order valence-corrected chi connectivity index (χ2v) is 5.69. The van der Waals surface area contributed by atoms with Gasteiger partial charge >= 0.3 is 0 Å². The highest BCUT2D eigenvalue weighted by Crippen LogP contribution is 2.61. The Kier molecular flexibility index (Phi) is 1.99. The van der Waals surface area contributed by atoms with E-state index >= 15 is 0 Å². The van der Waals surface area contributed by atoms with Crippen molar-refractivity contribution in [2.75, 3.05) is 13.2 Å². The van der Waals surface area contributed by atoms with E-state index in [4.69, 9.17) is 4.74 Å². The molecule has 2 aliphatic carbocycles. The first-order valence-corrected chi connectivity index (χ1v) is 6.63. The molecule has 0 aromatic heterocycles. The minimum atomic E-state index is 0.568. The minimum Gasteiger partial charge on any atom is -0.377 e. The fourth-order valence-electron chi connectivity index (χ4n) is 4.21. The molecule has 1 aromatic carbocycles. The normalized spacial score (nSPS) is 36.2. The monoisotopic (exact) mass is 237 g/mol. The van der Waals surface area contributed by atoms with Crippen molar-refractivity contribution in [2.45, 2.75) is 12.8 Å². The molecule has 1 aliphatic heterocycles. The Bertz CT molecular complexity index is 595. The Balaban J connectivity index is 1.98. The maximum Gasteiger partial charge on any atom is 0.0998 e. The highest BCUT2D eigenvalue weighted by molar-refractivity contribution is 5.84. The van der Waals surface area contributed by atoms with Crippen molar-refractivity contribution in [2.24, 2.45) is 17.8 Å². The van der Waals surface area contributed by atoms with Crippen LogP contribution in [-0.4, -0.2) is 13.2 Å². The van der Waals surface area contributed by atoms with Crippen LogP contribution in [0.1, 0.15) is 24.0 Å². The van der Waals surface area contributed by atoms with Gasteiger partial charge in [-0.2, -0.15) is 5.26 Å². The number of nitriles is 1. The summed E-state index contributed by atoms with van der Waals surface area (Å²) in [5.74, 6) is 2.47. The number of nitrogens with zero attached hydrogens (tertiary/aromatic N) is 1. The van der Waals surface area contributed by atoms with Gasteiger partial charge in [0.2, 0.25) is 0 Å². The molecule has 0 amide bonds. The van der Waals surface area contributed by atoms with Crippen molar-refractivity contribution in [1.29, 1.82) is 5.26 Å². The van der Waals surface area contributed by atoms with Crippen molar-refractivity contribution in [1.82, 2.24) is 0 Å². The molecule has 2 nitrogen and oxygen atoms in total. The molecule has 4 atom stereocenters. The summed E-state index contributed by atoms with van der Waals surface area (Å²) in [6.07, 6.45) is 0. The summed E-state index contributed by atoms with van der Waals surface area (Å²) in [5, 5.41) is 9.48. The van der Waals surface area contributed by atoms with Gasteiger partial charge in [0.1, 0.15) is 0 Å². The van der Waals surface area contributed by atoms with Gasteiger partial charge in [-0.1, -0.05) is 31.2 Å². The molecule has 1 heterocycles. The fraction of sp³-hybridized carbons (Fsp3) is 0.438. The molecule has 1 saturated heterocycles. The van der Waals surface area contributed by atoms with E-state index in [9.17, 15) is 5.26 Å². The average Bonchev–Trinajstić information content (AvgIpc) is 2.42. The van der Waals surface area contributed by atoms with Gasteiger partial charge in [-0.05, 0) is 40.4 Å². The zero-order chi connectivity index (χ0) is 12.3. The molecule has 0 N–H and O–H groups in total. The first kappa shape index (κ1) is 10.3. The summed E-state index contributed by atoms with van der Waals surface area (Å²) in [4.78, 5) is 0. The number of ether oxygens (including phenoxy) is 1. The second-order valence-electron chi connectivity index (χ2n) is 5.69. The van der Waals surface area contributed by atoms with Gasteiger partial charge in [0.05, 0.1) is 24.9 Å². The Labute approximate surface area is 107 Å². The molecule has 2 heteroatoms. The number of fused-ring (bicyclic) bond motifs is 2. The lowest BCUT2D eigenvalue weighted by molar-refractivity contribution is -0.0504. The minimum absolute atomic E-state index is 0.568. The van der Waals surface area contributed by atoms with E-state index in [1.165, 1.54) is 11.1 Å². The fourth-order valence-corrected chi connectivity index (χ4v) is 4.21. The first-order chi connectivity index (χ1) is 8.83. The standard InChI is InChI=1S/C16H15NO/c1-9-13-7-18-8-14-12(6-17)10-4-2-3-5-11(10)15(9)16(13)14/h2-5,9,13,15-16H,7-8H2,1H3/t9-,13+,15?,16?/m1/s1. The summed E-state index contributed by atoms with van der Waals surface area (Å²) in [5.41, 5.74) is 4.67. The molecule has 2 unspecified atom stereocenters. The predicted molar refractivity (Wildman–Crippen MR) is 68.7 cm³/mol. The number of hydrogen-bond donors (Lipinski definition) is 0. The van der Waals surface area contributed by atoms with Crippen molar-refractivity contribution in [3.8, 4) is 6.07 Å². The van der Waals surface area contributed by atoms with Gasteiger partial charge in [-0.25, -0.2) is 0 Å². The molecule has 1 saturated carbocycles. The molecule has 18 heavy (non-hydrogen) atoms. The predicted octanol–water partition coefficient (Wildman–Crippen LogP) is 2.97. The van der Waals surface area contributed by atoms with E-state index in [0.29, 0.717) is 30.3 Å². The highest BCUT2D eigenvalue weighted by Gasteiger charge is 2.54.